The zero-order valence-corrected chi connectivity index (χ0v) is 6.04. The fourth-order valence-electron chi connectivity index (χ4n) is 0.589. The lowest BCUT2D eigenvalue weighted by atomic mass is 10.5. The van der Waals surface area contributed by atoms with Gasteiger partial charge in [-0.2, -0.15) is 0 Å². The quantitative estimate of drug-likeness (QED) is 0.543. The van der Waals surface area contributed by atoms with Gasteiger partial charge in [-0.1, -0.05) is 6.92 Å². The second kappa shape index (κ2) is 3.93. The third-order valence-electron chi connectivity index (χ3n) is 1.06. The molecule has 0 aromatic rings. The van der Waals surface area contributed by atoms with E-state index in [1.54, 1.807) is 6.26 Å². The van der Waals surface area contributed by atoms with Crippen LogP contribution in [-0.4, -0.2) is 19.2 Å². The number of ether oxygens (including phenoxy) is 2. The Hall–Kier alpha value is -0.990. The monoisotopic (exact) mass is 141 g/mol. The molecule has 3 nitrogen and oxygen atoms in total. The van der Waals surface area contributed by atoms with Gasteiger partial charge in [-0.3, -0.25) is 0 Å². The summed E-state index contributed by atoms with van der Waals surface area (Å²) in [5, 5.41) is 0. The van der Waals surface area contributed by atoms with Crippen molar-refractivity contribution in [2.45, 2.75) is 13.3 Å². The van der Waals surface area contributed by atoms with Crippen LogP contribution in [0.2, 0.25) is 0 Å². The molecule has 3 heteroatoms. The molecule has 0 bridgehead atoms. The first-order valence-corrected chi connectivity index (χ1v) is 3.42. The van der Waals surface area contributed by atoms with Crippen LogP contribution in [0.4, 0.5) is 0 Å². The molecule has 0 aromatic heterocycles. The van der Waals surface area contributed by atoms with Crippen molar-refractivity contribution in [1.29, 1.82) is 0 Å². The van der Waals surface area contributed by atoms with Gasteiger partial charge in [0.05, 0.1) is 12.8 Å². The first kappa shape index (κ1) is 7.12. The summed E-state index contributed by atoms with van der Waals surface area (Å²) < 4.78 is 9.97. The van der Waals surface area contributed by atoms with Gasteiger partial charge >= 0.3 is 6.08 Å². The van der Waals surface area contributed by atoms with Gasteiger partial charge in [0.15, 0.2) is 0 Å². The smallest absolute Gasteiger partial charge is 0.388 e. The maximum absolute atomic E-state index is 4.99. The van der Waals surface area contributed by atoms with Gasteiger partial charge in [0.1, 0.15) is 6.61 Å². The van der Waals surface area contributed by atoms with Crippen LogP contribution >= 0.6 is 0 Å². The summed E-state index contributed by atoms with van der Waals surface area (Å²) in [6, 6.07) is 0. The predicted octanol–water partition coefficient (Wildman–Crippen LogP) is 1.31. The van der Waals surface area contributed by atoms with Crippen LogP contribution in [0.25, 0.3) is 0 Å². The summed E-state index contributed by atoms with van der Waals surface area (Å²) in [5.41, 5.74) is 0. The molecule has 1 rings (SSSR count). The number of nitrogens with zero attached hydrogens (tertiary/aromatic N) is 1. The van der Waals surface area contributed by atoms with Gasteiger partial charge in [-0.05, 0) is 12.5 Å². The highest BCUT2D eigenvalue weighted by molar-refractivity contribution is 5.68. The van der Waals surface area contributed by atoms with E-state index >= 15 is 0 Å². The summed E-state index contributed by atoms with van der Waals surface area (Å²) >= 11 is 0. The molecule has 10 heavy (non-hydrogen) atoms. The van der Waals surface area contributed by atoms with Gasteiger partial charge in [0, 0.05) is 0 Å². The Kier molecular flexibility index (Phi) is 2.80. The maximum atomic E-state index is 4.99. The molecule has 1 heterocycles. The summed E-state index contributed by atoms with van der Waals surface area (Å²) in [6.45, 7) is 3.40. The fraction of sp³-hybridized carbons (Fsp3) is 0.571. The van der Waals surface area contributed by atoms with E-state index in [0.717, 1.165) is 13.0 Å². The van der Waals surface area contributed by atoms with Gasteiger partial charge in [-0.25, -0.2) is 4.99 Å². The lowest BCUT2D eigenvalue weighted by Crippen LogP contribution is -1.99. The van der Waals surface area contributed by atoms with Gasteiger partial charge in [0.25, 0.3) is 0 Å². The lowest BCUT2D eigenvalue weighted by molar-refractivity contribution is 0.251. The molecule has 0 fully saturated rings. The summed E-state index contributed by atoms with van der Waals surface area (Å²) in [6.07, 6.45) is 4.87. The molecule has 1 aliphatic rings. The molecule has 0 atom stereocenters. The van der Waals surface area contributed by atoms with Crippen molar-refractivity contribution in [3.63, 3.8) is 0 Å². The Balaban J connectivity index is 2.18. The Labute approximate surface area is 60.4 Å². The fourth-order valence-corrected chi connectivity index (χ4v) is 0.589. The SMILES string of the molecule is CCC=COC1=NCCO1. The molecule has 0 unspecified atom stereocenters. The third-order valence-corrected chi connectivity index (χ3v) is 1.06. The van der Waals surface area contributed by atoms with Crippen molar-refractivity contribution in [3.05, 3.63) is 12.3 Å². The van der Waals surface area contributed by atoms with Gasteiger partial charge < -0.3 is 9.47 Å². The number of allylic oxidation sites excluding steroid dienone is 1. The van der Waals surface area contributed by atoms with Crippen LogP contribution < -0.4 is 0 Å². The molecule has 0 saturated carbocycles. The third kappa shape index (κ3) is 2.09. The van der Waals surface area contributed by atoms with Crippen LogP contribution in [0.1, 0.15) is 13.3 Å². The highest BCUT2D eigenvalue weighted by Gasteiger charge is 2.05. The average Bonchev–Trinajstić information content (AvgIpc) is 2.41. The Morgan fingerprint density at radius 1 is 1.80 bits per heavy atom. The van der Waals surface area contributed by atoms with Crippen LogP contribution in [-0.2, 0) is 9.47 Å². The topological polar surface area (TPSA) is 30.8 Å². The summed E-state index contributed by atoms with van der Waals surface area (Å²) in [4.78, 5) is 3.93. The number of aliphatic imine (C=N–C) groups is 1. The van der Waals surface area contributed by atoms with E-state index in [1.807, 2.05) is 13.0 Å². The molecule has 0 aromatic carbocycles. The average molecular weight is 141 g/mol. The predicted molar refractivity (Wildman–Crippen MR) is 38.8 cm³/mol. The molecule has 0 saturated heterocycles. The first-order chi connectivity index (χ1) is 4.93. The van der Waals surface area contributed by atoms with Crippen molar-refractivity contribution in [1.82, 2.24) is 0 Å². The van der Waals surface area contributed by atoms with Gasteiger partial charge in [0.2, 0.25) is 0 Å². The van der Waals surface area contributed by atoms with Crippen LogP contribution in [0, 0.1) is 0 Å². The Morgan fingerprint density at radius 2 is 2.70 bits per heavy atom. The summed E-state index contributed by atoms with van der Waals surface area (Å²) in [7, 11) is 0. The highest BCUT2D eigenvalue weighted by atomic mass is 16.7. The molecular weight excluding hydrogens is 130 g/mol. The van der Waals surface area contributed by atoms with Gasteiger partial charge in [-0.15, -0.1) is 0 Å². The van der Waals surface area contributed by atoms with Crippen molar-refractivity contribution >= 4 is 6.08 Å². The largest absolute Gasteiger partial charge is 0.448 e. The lowest BCUT2D eigenvalue weighted by Gasteiger charge is -1.96. The molecule has 0 spiro atoms. The van der Waals surface area contributed by atoms with E-state index in [1.165, 1.54) is 0 Å². The zero-order valence-electron chi connectivity index (χ0n) is 6.04. The van der Waals surface area contributed by atoms with Crippen LogP contribution in [0.5, 0.6) is 0 Å². The van der Waals surface area contributed by atoms with Crippen LogP contribution in [0.15, 0.2) is 17.3 Å². The first-order valence-electron chi connectivity index (χ1n) is 3.42. The second-order valence-corrected chi connectivity index (χ2v) is 1.89. The molecule has 0 radical (unpaired) electrons. The Bertz CT molecular complexity index is 152. The number of rotatable bonds is 2. The van der Waals surface area contributed by atoms with E-state index < -0.39 is 0 Å². The van der Waals surface area contributed by atoms with E-state index in [9.17, 15) is 0 Å². The minimum Gasteiger partial charge on any atom is -0.448 e. The molecule has 0 N–H and O–H groups in total. The van der Waals surface area contributed by atoms with Crippen molar-refractivity contribution in [2.75, 3.05) is 13.2 Å². The summed E-state index contributed by atoms with van der Waals surface area (Å²) in [5.74, 6) is 0. The van der Waals surface area contributed by atoms with Crippen LogP contribution in [0.3, 0.4) is 0 Å². The zero-order chi connectivity index (χ0) is 7.23. The number of hydrogen-bond acceptors (Lipinski definition) is 3. The minimum atomic E-state index is 0.393. The maximum Gasteiger partial charge on any atom is 0.388 e. The van der Waals surface area contributed by atoms with E-state index in [4.69, 9.17) is 9.47 Å². The highest BCUT2D eigenvalue weighted by Crippen LogP contribution is 1.96. The van der Waals surface area contributed by atoms with Crippen molar-refractivity contribution in [3.8, 4) is 0 Å². The molecular formula is C7H11NO2. The normalized spacial score (nSPS) is 17.1. The van der Waals surface area contributed by atoms with Crippen molar-refractivity contribution in [2.24, 2.45) is 4.99 Å². The standard InChI is InChI=1S/C7H11NO2/c1-2-3-5-9-7-8-4-6-10-7/h3,5H,2,4,6H2,1H3. The number of hydrogen-bond donors (Lipinski definition) is 0. The molecule has 0 amide bonds. The van der Waals surface area contributed by atoms with E-state index in [2.05, 4.69) is 4.99 Å². The van der Waals surface area contributed by atoms with E-state index in [0.29, 0.717) is 12.7 Å². The molecule has 0 aliphatic carbocycles. The van der Waals surface area contributed by atoms with E-state index in [-0.39, 0.29) is 0 Å². The minimum absolute atomic E-state index is 0.393. The van der Waals surface area contributed by atoms with Crippen molar-refractivity contribution < 1.29 is 9.47 Å². The second-order valence-electron chi connectivity index (χ2n) is 1.89. The Morgan fingerprint density at radius 3 is 3.30 bits per heavy atom. The molecule has 56 valence electrons. The molecule has 1 aliphatic heterocycles.